The molecule has 0 aliphatic carbocycles. The maximum absolute atomic E-state index is 13.3. The van der Waals surface area contributed by atoms with Gasteiger partial charge in [0.1, 0.15) is 5.75 Å². The monoisotopic (exact) mass is 422 g/mol. The number of hydrogen-bond donors (Lipinski definition) is 0. The average molecular weight is 423 g/mol. The number of para-hydroxylation sites is 2. The number of methoxy groups -OCH3 is 1. The van der Waals surface area contributed by atoms with E-state index in [1.807, 2.05) is 58.9 Å². The van der Waals surface area contributed by atoms with Gasteiger partial charge in [-0.25, -0.2) is 0 Å². The molecule has 2 aromatic carbocycles. The summed E-state index contributed by atoms with van der Waals surface area (Å²) in [6.07, 6.45) is 0.891. The van der Waals surface area contributed by atoms with Crippen LogP contribution in [0.1, 0.15) is 26.3 Å². The van der Waals surface area contributed by atoms with Gasteiger partial charge in [-0.2, -0.15) is 0 Å². The van der Waals surface area contributed by atoms with Crippen molar-refractivity contribution in [2.75, 3.05) is 12.0 Å². The van der Waals surface area contributed by atoms with Crippen LogP contribution in [0.15, 0.2) is 53.7 Å². The minimum Gasteiger partial charge on any atom is -0.496 e. The number of carbonyl (C=O) groups excluding carboxylic acids is 1. The third kappa shape index (κ3) is 3.58. The molecule has 1 aromatic heterocycles. The summed E-state index contributed by atoms with van der Waals surface area (Å²) in [5, 5.41) is 9.27. The molecule has 0 spiro atoms. The SMILES string of the molecule is CCn1c(S[C@H](C)C(=O)N2c3ccccc3C[C@@H]2C)nnc1-c1ccccc1OC. The molecule has 0 radical (unpaired) electrons. The van der Waals surface area contributed by atoms with E-state index in [1.165, 1.54) is 17.3 Å². The van der Waals surface area contributed by atoms with Crippen LogP contribution in [-0.2, 0) is 17.8 Å². The molecule has 6 nitrogen and oxygen atoms in total. The van der Waals surface area contributed by atoms with Gasteiger partial charge in [-0.15, -0.1) is 10.2 Å². The van der Waals surface area contributed by atoms with Crippen molar-refractivity contribution in [3.05, 3.63) is 54.1 Å². The second-order valence-electron chi connectivity index (χ2n) is 7.40. The molecular weight excluding hydrogens is 396 g/mol. The van der Waals surface area contributed by atoms with Crippen LogP contribution in [0.25, 0.3) is 11.4 Å². The van der Waals surface area contributed by atoms with Gasteiger partial charge >= 0.3 is 0 Å². The highest BCUT2D eigenvalue weighted by molar-refractivity contribution is 8.00. The summed E-state index contributed by atoms with van der Waals surface area (Å²) in [6, 6.07) is 16.1. The summed E-state index contributed by atoms with van der Waals surface area (Å²) in [4.78, 5) is 15.3. The molecule has 0 saturated heterocycles. The average Bonchev–Trinajstić information content (AvgIpc) is 3.32. The van der Waals surface area contributed by atoms with Crippen molar-refractivity contribution in [2.24, 2.45) is 0 Å². The molecule has 1 aliphatic rings. The van der Waals surface area contributed by atoms with Gasteiger partial charge in [-0.3, -0.25) is 4.79 Å². The highest BCUT2D eigenvalue weighted by atomic mass is 32.2. The lowest BCUT2D eigenvalue weighted by Crippen LogP contribution is -2.40. The summed E-state index contributed by atoms with van der Waals surface area (Å²) in [5.41, 5.74) is 3.14. The van der Waals surface area contributed by atoms with Crippen LogP contribution in [0.3, 0.4) is 0 Å². The number of benzene rings is 2. The van der Waals surface area contributed by atoms with Gasteiger partial charge < -0.3 is 14.2 Å². The molecule has 4 rings (SSSR count). The summed E-state index contributed by atoms with van der Waals surface area (Å²) in [7, 11) is 1.65. The lowest BCUT2D eigenvalue weighted by Gasteiger charge is -2.25. The van der Waals surface area contributed by atoms with Crippen LogP contribution < -0.4 is 9.64 Å². The Morgan fingerprint density at radius 3 is 2.70 bits per heavy atom. The Morgan fingerprint density at radius 1 is 1.20 bits per heavy atom. The molecule has 2 heterocycles. The van der Waals surface area contributed by atoms with Crippen molar-refractivity contribution >= 4 is 23.4 Å². The molecule has 2 atom stereocenters. The van der Waals surface area contributed by atoms with E-state index >= 15 is 0 Å². The maximum Gasteiger partial charge on any atom is 0.240 e. The second kappa shape index (κ2) is 8.52. The number of ether oxygens (including phenoxy) is 1. The van der Waals surface area contributed by atoms with Gasteiger partial charge in [0, 0.05) is 18.3 Å². The number of rotatable bonds is 6. The fraction of sp³-hybridized carbons (Fsp3) is 0.348. The Kier molecular flexibility index (Phi) is 5.81. The normalized spacial score (nSPS) is 16.4. The van der Waals surface area contributed by atoms with Crippen molar-refractivity contribution in [3.8, 4) is 17.1 Å². The van der Waals surface area contributed by atoms with Gasteiger partial charge in [0.15, 0.2) is 11.0 Å². The second-order valence-corrected chi connectivity index (χ2v) is 8.71. The minimum atomic E-state index is -0.279. The van der Waals surface area contributed by atoms with E-state index in [9.17, 15) is 4.79 Å². The summed E-state index contributed by atoms with van der Waals surface area (Å²) in [6.45, 7) is 6.80. The molecule has 3 aromatic rings. The smallest absolute Gasteiger partial charge is 0.240 e. The fourth-order valence-electron chi connectivity index (χ4n) is 4.00. The largest absolute Gasteiger partial charge is 0.496 e. The number of carbonyl (C=O) groups is 1. The van der Waals surface area contributed by atoms with Crippen molar-refractivity contribution in [1.82, 2.24) is 14.8 Å². The molecule has 0 fully saturated rings. The van der Waals surface area contributed by atoms with Gasteiger partial charge in [0.2, 0.25) is 5.91 Å². The van der Waals surface area contributed by atoms with Gasteiger partial charge in [0.05, 0.1) is 17.9 Å². The molecule has 7 heteroatoms. The van der Waals surface area contributed by atoms with Crippen LogP contribution in [0.4, 0.5) is 5.69 Å². The third-order valence-electron chi connectivity index (χ3n) is 5.46. The topological polar surface area (TPSA) is 60.2 Å². The van der Waals surface area contributed by atoms with Crippen molar-refractivity contribution < 1.29 is 9.53 Å². The molecule has 0 N–H and O–H groups in total. The molecule has 1 aliphatic heterocycles. The van der Waals surface area contributed by atoms with Gasteiger partial charge in [-0.1, -0.05) is 42.1 Å². The van der Waals surface area contributed by atoms with E-state index < -0.39 is 0 Å². The number of amides is 1. The van der Waals surface area contributed by atoms with Crippen molar-refractivity contribution in [2.45, 2.75) is 50.2 Å². The van der Waals surface area contributed by atoms with Crippen LogP contribution in [-0.4, -0.2) is 39.1 Å². The van der Waals surface area contributed by atoms with E-state index in [0.29, 0.717) is 6.54 Å². The molecule has 0 unspecified atom stereocenters. The number of fused-ring (bicyclic) bond motifs is 1. The highest BCUT2D eigenvalue weighted by Crippen LogP contribution is 2.36. The molecule has 0 bridgehead atoms. The first-order chi connectivity index (χ1) is 14.5. The Hall–Kier alpha value is -2.80. The number of hydrogen-bond acceptors (Lipinski definition) is 5. The molecule has 1 amide bonds. The Balaban J connectivity index is 1.59. The van der Waals surface area contributed by atoms with Crippen LogP contribution in [0.2, 0.25) is 0 Å². The standard InChI is InChI=1S/C23H26N4O2S/c1-5-26-21(18-11-7-9-13-20(18)29-4)24-25-23(26)30-16(3)22(28)27-15(2)14-17-10-6-8-12-19(17)27/h6-13,15-16H,5,14H2,1-4H3/t15-,16+/m0/s1. The third-order valence-corrected chi connectivity index (χ3v) is 6.52. The summed E-state index contributed by atoms with van der Waals surface area (Å²) >= 11 is 1.45. The maximum atomic E-state index is 13.3. The number of aromatic nitrogens is 3. The summed E-state index contributed by atoms with van der Waals surface area (Å²) < 4.78 is 7.53. The quantitative estimate of drug-likeness (QED) is 0.550. The number of anilines is 1. The van der Waals surface area contributed by atoms with Crippen molar-refractivity contribution in [3.63, 3.8) is 0 Å². The zero-order valence-corrected chi connectivity index (χ0v) is 18.5. The van der Waals surface area contributed by atoms with E-state index in [4.69, 9.17) is 4.74 Å². The highest BCUT2D eigenvalue weighted by Gasteiger charge is 2.34. The van der Waals surface area contributed by atoms with E-state index in [1.54, 1.807) is 7.11 Å². The van der Waals surface area contributed by atoms with E-state index in [-0.39, 0.29) is 17.2 Å². The summed E-state index contributed by atoms with van der Waals surface area (Å²) in [5.74, 6) is 1.60. The molecular formula is C23H26N4O2S. The predicted octanol–water partition coefficient (Wildman–Crippen LogP) is 4.43. The Bertz CT molecular complexity index is 1060. The zero-order valence-electron chi connectivity index (χ0n) is 17.7. The fourth-order valence-corrected chi connectivity index (χ4v) is 4.96. The van der Waals surface area contributed by atoms with Crippen LogP contribution in [0.5, 0.6) is 5.75 Å². The number of nitrogens with zero attached hydrogens (tertiary/aromatic N) is 4. The first-order valence-electron chi connectivity index (χ1n) is 10.2. The minimum absolute atomic E-state index is 0.0990. The Morgan fingerprint density at radius 2 is 1.93 bits per heavy atom. The molecule has 156 valence electrons. The first kappa shape index (κ1) is 20.5. The lowest BCUT2D eigenvalue weighted by atomic mass is 10.1. The van der Waals surface area contributed by atoms with Crippen molar-refractivity contribution in [1.29, 1.82) is 0 Å². The van der Waals surface area contributed by atoms with Crippen LogP contribution in [0, 0.1) is 0 Å². The molecule has 0 saturated carbocycles. The van der Waals surface area contributed by atoms with Gasteiger partial charge in [-0.05, 0) is 51.0 Å². The van der Waals surface area contributed by atoms with Crippen LogP contribution >= 0.6 is 11.8 Å². The lowest BCUT2D eigenvalue weighted by molar-refractivity contribution is -0.118. The van der Waals surface area contributed by atoms with E-state index in [0.717, 1.165) is 34.4 Å². The predicted molar refractivity (Wildman–Crippen MR) is 120 cm³/mol. The zero-order chi connectivity index (χ0) is 21.3. The van der Waals surface area contributed by atoms with Gasteiger partial charge in [0.25, 0.3) is 0 Å². The first-order valence-corrected chi connectivity index (χ1v) is 11.1. The number of thioether (sulfide) groups is 1. The molecule has 30 heavy (non-hydrogen) atoms. The van der Waals surface area contributed by atoms with E-state index in [2.05, 4.69) is 30.1 Å². The Labute approximate surface area is 181 Å².